The summed E-state index contributed by atoms with van der Waals surface area (Å²) in [5.74, 6) is 0. The van der Waals surface area contributed by atoms with E-state index in [0.717, 1.165) is 6.04 Å². The summed E-state index contributed by atoms with van der Waals surface area (Å²) in [5.41, 5.74) is 0. The summed E-state index contributed by atoms with van der Waals surface area (Å²) in [6.07, 6.45) is 4.18. The van der Waals surface area contributed by atoms with E-state index in [2.05, 4.69) is 21.3 Å². The fourth-order valence-corrected chi connectivity index (χ4v) is 1.03. The number of hydrogen-bond donors (Lipinski definition) is 1. The van der Waals surface area contributed by atoms with Crippen molar-refractivity contribution in [3.63, 3.8) is 0 Å². The summed E-state index contributed by atoms with van der Waals surface area (Å²) in [6.45, 7) is 3.49. The van der Waals surface area contributed by atoms with E-state index in [4.69, 9.17) is 0 Å². The Kier molecular flexibility index (Phi) is 7.93. The molecule has 3 heteroatoms. The van der Waals surface area contributed by atoms with Gasteiger partial charge in [0.1, 0.15) is 0 Å². The van der Waals surface area contributed by atoms with E-state index in [1.54, 1.807) is 0 Å². The average Bonchev–Trinajstić information content (AvgIpc) is 1.94. The quantitative estimate of drug-likeness (QED) is 0.527. The molecule has 1 heterocycles. The molecule has 0 saturated carbocycles. The maximum absolute atomic E-state index is 4.67. The van der Waals surface area contributed by atoms with E-state index in [9.17, 15) is 0 Å². The molecule has 1 aliphatic heterocycles. The van der Waals surface area contributed by atoms with Crippen molar-refractivity contribution in [3.05, 3.63) is 0 Å². The molecule has 1 rings (SSSR count). The Bertz CT molecular complexity index is 55.0. The van der Waals surface area contributed by atoms with Crippen LogP contribution >= 0.6 is 9.07 Å². The highest BCUT2D eigenvalue weighted by atomic mass is 35.5. The Morgan fingerprint density at radius 2 is 2.11 bits per heavy atom. The fourth-order valence-electron chi connectivity index (χ4n) is 1.03. The van der Waals surface area contributed by atoms with Crippen LogP contribution in [0.4, 0.5) is 0 Å². The summed E-state index contributed by atoms with van der Waals surface area (Å²) < 4.78 is 0. The fraction of sp³-hybridized carbons (Fsp3) is 1.00. The van der Waals surface area contributed by atoms with Crippen molar-refractivity contribution in [2.75, 3.05) is 6.54 Å². The first-order valence-corrected chi connectivity index (χ1v) is 5.53. The van der Waals surface area contributed by atoms with E-state index in [1.165, 1.54) is 46.4 Å². The highest BCUT2D eigenvalue weighted by Gasteiger charge is 2.16. The Labute approximate surface area is 73.8 Å². The molecule has 1 nitrogen and oxygen atoms in total. The molecule has 0 aromatic heterocycles. The van der Waals surface area contributed by atoms with E-state index in [-0.39, 0.29) is 0 Å². The third-order valence-electron chi connectivity index (χ3n) is 1.56. The van der Waals surface area contributed by atoms with Crippen LogP contribution in [0.2, 0.25) is 0 Å². The van der Waals surface area contributed by atoms with Crippen molar-refractivity contribution < 1.29 is 0 Å². The van der Waals surface area contributed by atoms with Crippen LogP contribution in [-0.4, -0.2) is 33.2 Å². The third kappa shape index (κ3) is 5.46. The van der Waals surface area contributed by atoms with Crippen LogP contribution in [0.1, 0.15) is 26.2 Å². The molecule has 0 aromatic carbocycles. The predicted molar refractivity (Wildman–Crippen MR) is 42.9 cm³/mol. The first-order chi connectivity index (χ1) is 4.39. The van der Waals surface area contributed by atoms with E-state index in [1.807, 2.05) is 0 Å². The van der Waals surface area contributed by atoms with Crippen LogP contribution in [0.3, 0.4) is 0 Å². The second kappa shape index (κ2) is 7.13. The molecule has 1 unspecified atom stereocenters. The Balaban J connectivity index is 0.000000291. The van der Waals surface area contributed by atoms with Crippen LogP contribution in [0, 0.1) is 0 Å². The van der Waals surface area contributed by atoms with Gasteiger partial charge in [0, 0.05) is 6.04 Å². The van der Waals surface area contributed by atoms with Crippen molar-refractivity contribution in [2.24, 2.45) is 0 Å². The number of piperidine rings is 1. The average molecular weight is 159 g/mol. The first-order valence-electron chi connectivity index (χ1n) is 3.40. The summed E-state index contributed by atoms with van der Waals surface area (Å²) >= 11 is 1.33. The van der Waals surface area contributed by atoms with Gasteiger partial charge in [0.05, 0.1) is 0 Å². The van der Waals surface area contributed by atoms with Gasteiger partial charge in [-0.1, -0.05) is 6.42 Å². The molecule has 0 aliphatic carbocycles. The van der Waals surface area contributed by atoms with Gasteiger partial charge in [0.2, 0.25) is 0 Å². The first kappa shape index (κ1) is 10.0. The molecule has 1 N–H and O–H groups in total. The van der Waals surface area contributed by atoms with Gasteiger partial charge in [-0.05, 0) is 26.3 Å². The lowest BCUT2D eigenvalue weighted by Gasteiger charge is -2.18. The molecule has 0 spiro atoms. The number of halogens is 1. The molecule has 49 valence electrons. The summed E-state index contributed by atoms with van der Waals surface area (Å²) in [7, 11) is 4.67. The van der Waals surface area contributed by atoms with Gasteiger partial charge in [-0.3, -0.25) is 0 Å². The van der Waals surface area contributed by atoms with E-state index in [0.29, 0.717) is 0 Å². The molecule has 1 saturated heterocycles. The molecule has 7 radical (unpaired) electrons. The number of rotatable bonds is 0. The van der Waals surface area contributed by atoms with Gasteiger partial charge in [0.25, 0.3) is 0 Å². The monoisotopic (exact) mass is 158 g/mol. The minimum absolute atomic E-state index is 0.786. The van der Waals surface area contributed by atoms with Gasteiger partial charge in [-0.15, -0.1) is 0 Å². The number of hydrogen-bond acceptors (Lipinski definition) is 1. The maximum Gasteiger partial charge on any atom is 1.59 e. The summed E-state index contributed by atoms with van der Waals surface area (Å²) in [5, 5.41) is 3.38. The Hall–Kier alpha value is 1.02. The largest absolute Gasteiger partial charge is 1.59 e. The Morgan fingerprint density at radius 3 is 2.33 bits per heavy atom. The normalized spacial score (nSPS) is 26.3. The highest BCUT2D eigenvalue weighted by molar-refractivity contribution is 6.80. The lowest BCUT2D eigenvalue weighted by atomic mass is 10.1. The van der Waals surface area contributed by atoms with Gasteiger partial charge in [-0.2, -0.15) is 0 Å². The smallest absolute Gasteiger partial charge is 0.314 e. The predicted octanol–water partition coefficient (Wildman–Crippen LogP) is 1.46. The summed E-state index contributed by atoms with van der Waals surface area (Å²) in [4.78, 5) is 0. The van der Waals surface area contributed by atoms with Crippen molar-refractivity contribution in [1.29, 1.82) is 0 Å². The van der Waals surface area contributed by atoms with E-state index >= 15 is 0 Å². The van der Waals surface area contributed by atoms with Crippen molar-refractivity contribution >= 4 is 29.7 Å². The van der Waals surface area contributed by atoms with Crippen LogP contribution in [0.15, 0.2) is 0 Å². The third-order valence-corrected chi connectivity index (χ3v) is 1.56. The molecule has 0 aromatic rings. The van der Waals surface area contributed by atoms with Crippen LogP contribution in [-0.2, 0) is 0 Å². The zero-order chi connectivity index (χ0) is 7.11. The lowest BCUT2D eigenvalue weighted by Crippen LogP contribution is -2.30. The minimum atomic E-state index is 0.786. The van der Waals surface area contributed by atoms with E-state index < -0.39 is 0 Å². The molecular formula is C6H13ClMgN+2. The van der Waals surface area contributed by atoms with Gasteiger partial charge in [-0.25, -0.2) is 0 Å². The molecule has 0 amide bonds. The van der Waals surface area contributed by atoms with Crippen LogP contribution < -0.4 is 5.32 Å². The molecule has 1 atom stereocenters. The zero-order valence-electron chi connectivity index (χ0n) is 5.99. The standard InChI is InChI=1S/C6H13N.ClH.Mg/c1-6-4-2-3-5-7-6;;/h6-7H,2-5H2,1H3;1H;/q;;+3/p-1. The van der Waals surface area contributed by atoms with Crippen LogP contribution in [0.5, 0.6) is 0 Å². The molecule has 1 fully saturated rings. The van der Waals surface area contributed by atoms with Crippen molar-refractivity contribution in [1.82, 2.24) is 5.32 Å². The second-order valence-electron chi connectivity index (χ2n) is 2.35. The van der Waals surface area contributed by atoms with Crippen LogP contribution in [0.25, 0.3) is 0 Å². The Morgan fingerprint density at radius 1 is 1.44 bits per heavy atom. The second-order valence-corrected chi connectivity index (χ2v) is 2.35. The molecule has 1 aliphatic rings. The molecular weight excluding hydrogens is 146 g/mol. The van der Waals surface area contributed by atoms with Crippen molar-refractivity contribution in [3.8, 4) is 0 Å². The highest BCUT2D eigenvalue weighted by Crippen LogP contribution is 2.04. The zero-order valence-corrected chi connectivity index (χ0v) is 8.16. The maximum atomic E-state index is 4.67. The molecule has 0 bridgehead atoms. The van der Waals surface area contributed by atoms with Crippen molar-refractivity contribution in [2.45, 2.75) is 32.2 Å². The lowest BCUT2D eigenvalue weighted by molar-refractivity contribution is 0.425. The topological polar surface area (TPSA) is 12.0 Å². The van der Waals surface area contributed by atoms with Gasteiger partial charge >= 0.3 is 29.7 Å². The SMILES string of the molecule is CC1CCCCN1.[Mg+2][Cl]. The number of nitrogens with one attached hydrogen (secondary N) is 1. The van der Waals surface area contributed by atoms with Gasteiger partial charge in [0.15, 0.2) is 0 Å². The van der Waals surface area contributed by atoms with Gasteiger partial charge < -0.3 is 5.32 Å². The minimum Gasteiger partial charge on any atom is -0.314 e. The summed E-state index contributed by atoms with van der Waals surface area (Å²) in [6, 6.07) is 0.786. The molecule has 9 heavy (non-hydrogen) atoms.